The summed E-state index contributed by atoms with van der Waals surface area (Å²) in [5.74, 6) is 2.95. The van der Waals surface area contributed by atoms with Crippen LogP contribution in [0.2, 0.25) is 0 Å². The third kappa shape index (κ3) is 5.51. The number of hydrogen-bond acceptors (Lipinski definition) is 6. The molecule has 3 aromatic rings. The lowest BCUT2D eigenvalue weighted by Crippen LogP contribution is -2.40. The number of aromatic nitrogens is 2. The molecule has 4 rings (SSSR count). The lowest BCUT2D eigenvalue weighted by atomic mass is 9.96. The second-order valence-corrected chi connectivity index (χ2v) is 7.46. The van der Waals surface area contributed by atoms with Gasteiger partial charge in [0.2, 0.25) is 11.8 Å². The van der Waals surface area contributed by atoms with Gasteiger partial charge in [-0.25, -0.2) is 9.97 Å². The highest BCUT2D eigenvalue weighted by molar-refractivity contribution is 5.79. The van der Waals surface area contributed by atoms with Gasteiger partial charge in [-0.3, -0.25) is 4.79 Å². The summed E-state index contributed by atoms with van der Waals surface area (Å²) < 4.78 is 11.0. The number of ether oxygens (including phenoxy) is 2. The van der Waals surface area contributed by atoms with Crippen molar-refractivity contribution in [3.05, 3.63) is 72.6 Å². The number of para-hydroxylation sites is 1. The number of rotatable bonds is 7. The summed E-state index contributed by atoms with van der Waals surface area (Å²) in [4.78, 5) is 23.4. The monoisotopic (exact) mass is 418 g/mol. The number of anilines is 1. The van der Waals surface area contributed by atoms with Crippen LogP contribution in [0, 0.1) is 5.92 Å². The van der Waals surface area contributed by atoms with Gasteiger partial charge in [0.1, 0.15) is 23.6 Å². The topological polar surface area (TPSA) is 76.6 Å². The van der Waals surface area contributed by atoms with Crippen molar-refractivity contribution in [1.29, 1.82) is 0 Å². The maximum absolute atomic E-state index is 12.6. The lowest BCUT2D eigenvalue weighted by molar-refractivity contribution is -0.125. The van der Waals surface area contributed by atoms with Crippen LogP contribution in [0.5, 0.6) is 17.4 Å². The Kier molecular flexibility index (Phi) is 6.62. The first kappa shape index (κ1) is 20.7. The third-order valence-corrected chi connectivity index (χ3v) is 5.38. The number of hydrogen-bond donors (Lipinski definition) is 1. The fourth-order valence-electron chi connectivity index (χ4n) is 3.65. The van der Waals surface area contributed by atoms with E-state index >= 15 is 0 Å². The predicted octanol–water partition coefficient (Wildman–Crippen LogP) is 3.81. The van der Waals surface area contributed by atoms with Crippen molar-refractivity contribution in [3.8, 4) is 17.4 Å². The number of benzene rings is 2. The fraction of sp³-hybridized carbons (Fsp3) is 0.292. The summed E-state index contributed by atoms with van der Waals surface area (Å²) >= 11 is 0. The number of methoxy groups -OCH3 is 1. The first-order chi connectivity index (χ1) is 15.2. The Labute approximate surface area is 182 Å². The molecular weight excluding hydrogens is 392 g/mol. The van der Waals surface area contributed by atoms with Gasteiger partial charge >= 0.3 is 0 Å². The molecule has 0 saturated carbocycles. The lowest BCUT2D eigenvalue weighted by Gasteiger charge is -2.32. The van der Waals surface area contributed by atoms with E-state index in [1.54, 1.807) is 7.11 Å². The van der Waals surface area contributed by atoms with Crippen LogP contribution in [-0.4, -0.2) is 36.1 Å². The fourth-order valence-corrected chi connectivity index (χ4v) is 3.65. The molecule has 1 N–H and O–H groups in total. The van der Waals surface area contributed by atoms with E-state index in [1.807, 2.05) is 60.7 Å². The summed E-state index contributed by atoms with van der Waals surface area (Å²) in [6.07, 6.45) is 3.08. The quantitative estimate of drug-likeness (QED) is 0.629. The molecule has 0 unspecified atom stereocenters. The SMILES string of the molecule is COc1cccc(CNC(=O)C2CCN(c3cc(Oc4ccccc4)ncn3)CC2)c1. The van der Waals surface area contributed by atoms with Crippen LogP contribution in [-0.2, 0) is 11.3 Å². The maximum Gasteiger partial charge on any atom is 0.224 e. The summed E-state index contributed by atoms with van der Waals surface area (Å²) in [7, 11) is 1.64. The molecule has 160 valence electrons. The minimum absolute atomic E-state index is 0.00346. The maximum atomic E-state index is 12.6. The van der Waals surface area contributed by atoms with Crippen molar-refractivity contribution < 1.29 is 14.3 Å². The van der Waals surface area contributed by atoms with Gasteiger partial charge in [-0.2, -0.15) is 0 Å². The average Bonchev–Trinajstić information content (AvgIpc) is 2.83. The third-order valence-electron chi connectivity index (χ3n) is 5.38. The smallest absolute Gasteiger partial charge is 0.224 e. The van der Waals surface area contributed by atoms with Gasteiger partial charge in [0.25, 0.3) is 0 Å². The molecule has 0 bridgehead atoms. The highest BCUT2D eigenvalue weighted by Gasteiger charge is 2.25. The van der Waals surface area contributed by atoms with Gasteiger partial charge < -0.3 is 19.7 Å². The van der Waals surface area contributed by atoms with Gasteiger partial charge in [0.15, 0.2) is 0 Å². The van der Waals surface area contributed by atoms with Gasteiger partial charge in [0, 0.05) is 31.6 Å². The van der Waals surface area contributed by atoms with E-state index in [9.17, 15) is 4.79 Å². The standard InChI is InChI=1S/C24H26N4O3/c1-30-21-9-5-6-18(14-21)16-25-24(29)19-10-12-28(13-11-19)22-15-23(27-17-26-22)31-20-7-3-2-4-8-20/h2-9,14-15,17,19H,10-13,16H2,1H3,(H,25,29). The van der Waals surface area contributed by atoms with Crippen LogP contribution in [0.1, 0.15) is 18.4 Å². The number of carbonyl (C=O) groups excluding carboxylic acids is 1. The van der Waals surface area contributed by atoms with E-state index in [2.05, 4.69) is 20.2 Å². The molecule has 1 fully saturated rings. The minimum atomic E-state index is 0.00346. The zero-order valence-corrected chi connectivity index (χ0v) is 17.5. The molecular formula is C24H26N4O3. The average molecular weight is 418 g/mol. The van der Waals surface area contributed by atoms with E-state index in [1.165, 1.54) is 6.33 Å². The van der Waals surface area contributed by atoms with Gasteiger partial charge in [-0.15, -0.1) is 0 Å². The normalized spacial score (nSPS) is 14.2. The van der Waals surface area contributed by atoms with Gasteiger partial charge in [-0.05, 0) is 42.7 Å². The van der Waals surface area contributed by atoms with Crippen molar-refractivity contribution in [1.82, 2.24) is 15.3 Å². The second-order valence-electron chi connectivity index (χ2n) is 7.46. The molecule has 0 aliphatic carbocycles. The van der Waals surface area contributed by atoms with E-state index in [-0.39, 0.29) is 11.8 Å². The van der Waals surface area contributed by atoms with E-state index in [4.69, 9.17) is 9.47 Å². The Morgan fingerprint density at radius 3 is 2.58 bits per heavy atom. The van der Waals surface area contributed by atoms with Crippen molar-refractivity contribution in [2.24, 2.45) is 5.92 Å². The first-order valence-electron chi connectivity index (χ1n) is 10.4. The molecule has 0 spiro atoms. The summed E-state index contributed by atoms with van der Waals surface area (Å²) in [5, 5.41) is 3.05. The van der Waals surface area contributed by atoms with E-state index in [0.717, 1.165) is 48.8 Å². The number of carbonyl (C=O) groups is 1. The van der Waals surface area contributed by atoms with Gasteiger partial charge in [0.05, 0.1) is 7.11 Å². The van der Waals surface area contributed by atoms with Crippen LogP contribution in [0.3, 0.4) is 0 Å². The molecule has 7 nitrogen and oxygen atoms in total. The Morgan fingerprint density at radius 2 is 1.81 bits per heavy atom. The summed E-state index contributed by atoms with van der Waals surface area (Å²) in [5.41, 5.74) is 1.03. The van der Waals surface area contributed by atoms with Crippen LogP contribution in [0.4, 0.5) is 5.82 Å². The Morgan fingerprint density at radius 1 is 1.03 bits per heavy atom. The first-order valence-corrected chi connectivity index (χ1v) is 10.4. The molecule has 1 aliphatic heterocycles. The second kappa shape index (κ2) is 9.93. The molecule has 0 atom stereocenters. The summed E-state index contributed by atoms with van der Waals surface area (Å²) in [6, 6.07) is 19.1. The molecule has 0 radical (unpaired) electrons. The number of nitrogens with zero attached hydrogens (tertiary/aromatic N) is 3. The summed E-state index contributed by atoms with van der Waals surface area (Å²) in [6.45, 7) is 2.03. The Hall–Kier alpha value is -3.61. The molecule has 31 heavy (non-hydrogen) atoms. The molecule has 1 aromatic heterocycles. The zero-order valence-electron chi connectivity index (χ0n) is 17.5. The van der Waals surface area contributed by atoms with Crippen molar-refractivity contribution >= 4 is 11.7 Å². The number of piperidine rings is 1. The Balaban J connectivity index is 1.29. The minimum Gasteiger partial charge on any atom is -0.497 e. The number of amides is 1. The van der Waals surface area contributed by atoms with Gasteiger partial charge in [-0.1, -0.05) is 30.3 Å². The molecule has 1 amide bonds. The van der Waals surface area contributed by atoms with Crippen LogP contribution < -0.4 is 19.7 Å². The molecule has 7 heteroatoms. The van der Waals surface area contributed by atoms with E-state index in [0.29, 0.717) is 12.4 Å². The molecule has 2 heterocycles. The van der Waals surface area contributed by atoms with Crippen molar-refractivity contribution in [2.45, 2.75) is 19.4 Å². The predicted molar refractivity (Wildman–Crippen MR) is 118 cm³/mol. The highest BCUT2D eigenvalue weighted by Crippen LogP contribution is 2.26. The van der Waals surface area contributed by atoms with Crippen LogP contribution >= 0.6 is 0 Å². The van der Waals surface area contributed by atoms with Crippen molar-refractivity contribution in [2.75, 3.05) is 25.1 Å². The highest BCUT2D eigenvalue weighted by atomic mass is 16.5. The largest absolute Gasteiger partial charge is 0.497 e. The number of nitrogens with one attached hydrogen (secondary N) is 1. The zero-order chi connectivity index (χ0) is 21.5. The van der Waals surface area contributed by atoms with E-state index < -0.39 is 0 Å². The Bertz CT molecular complexity index is 1000. The van der Waals surface area contributed by atoms with Crippen LogP contribution in [0.15, 0.2) is 67.0 Å². The molecule has 1 aliphatic rings. The molecule has 2 aromatic carbocycles. The van der Waals surface area contributed by atoms with Crippen molar-refractivity contribution in [3.63, 3.8) is 0 Å². The molecule has 1 saturated heterocycles. The van der Waals surface area contributed by atoms with Crippen LogP contribution in [0.25, 0.3) is 0 Å².